The van der Waals surface area contributed by atoms with Gasteiger partial charge in [0.2, 0.25) is 11.9 Å². The van der Waals surface area contributed by atoms with Gasteiger partial charge in [-0.25, -0.2) is 9.97 Å². The fourth-order valence-corrected chi connectivity index (χ4v) is 4.05. The van der Waals surface area contributed by atoms with Gasteiger partial charge in [0.25, 0.3) is 0 Å². The van der Waals surface area contributed by atoms with Crippen molar-refractivity contribution in [2.24, 2.45) is 5.92 Å². The molecule has 3 aromatic rings. The van der Waals surface area contributed by atoms with E-state index in [1.165, 1.54) is 0 Å². The minimum absolute atomic E-state index is 0.146. The highest BCUT2D eigenvalue weighted by Crippen LogP contribution is 2.32. The van der Waals surface area contributed by atoms with Gasteiger partial charge in [0.05, 0.1) is 43.9 Å². The van der Waals surface area contributed by atoms with Crippen molar-refractivity contribution in [2.45, 2.75) is 20.3 Å². The van der Waals surface area contributed by atoms with Crippen molar-refractivity contribution in [3.8, 4) is 28.8 Å². The number of methoxy groups -OCH3 is 1. The van der Waals surface area contributed by atoms with Crippen LogP contribution >= 0.6 is 0 Å². The number of amides is 1. The minimum atomic E-state index is -0.189. The minimum Gasteiger partial charge on any atom is -0.493 e. The summed E-state index contributed by atoms with van der Waals surface area (Å²) in [7, 11) is 1.61. The molecule has 2 aromatic carbocycles. The van der Waals surface area contributed by atoms with E-state index in [2.05, 4.69) is 31.6 Å². The molecule has 1 saturated heterocycles. The summed E-state index contributed by atoms with van der Waals surface area (Å²) in [5.41, 5.74) is 2.95. The first-order chi connectivity index (χ1) is 19.0. The van der Waals surface area contributed by atoms with E-state index in [0.717, 1.165) is 50.5 Å². The van der Waals surface area contributed by atoms with Crippen molar-refractivity contribution in [1.82, 2.24) is 14.9 Å². The maximum atomic E-state index is 12.1. The summed E-state index contributed by atoms with van der Waals surface area (Å²) in [6.45, 7) is 8.69. The van der Waals surface area contributed by atoms with E-state index in [9.17, 15) is 10.1 Å². The van der Waals surface area contributed by atoms with Crippen molar-refractivity contribution in [3.63, 3.8) is 0 Å². The molecule has 0 radical (unpaired) electrons. The number of benzene rings is 2. The molecule has 10 heteroatoms. The lowest BCUT2D eigenvalue weighted by Gasteiger charge is -2.26. The first kappa shape index (κ1) is 27.8. The van der Waals surface area contributed by atoms with Crippen LogP contribution in [0.2, 0.25) is 0 Å². The van der Waals surface area contributed by atoms with Crippen LogP contribution in [0.25, 0.3) is 11.3 Å². The Labute approximate surface area is 228 Å². The lowest BCUT2D eigenvalue weighted by Crippen LogP contribution is -2.37. The Morgan fingerprint density at radius 2 is 1.97 bits per heavy atom. The summed E-state index contributed by atoms with van der Waals surface area (Å²) in [6, 6.07) is 14.7. The molecule has 1 amide bonds. The highest BCUT2D eigenvalue weighted by molar-refractivity contribution is 5.93. The number of nitriles is 1. The zero-order valence-electron chi connectivity index (χ0n) is 22.6. The van der Waals surface area contributed by atoms with Crippen LogP contribution in [-0.2, 0) is 9.53 Å². The molecule has 39 heavy (non-hydrogen) atoms. The third-order valence-corrected chi connectivity index (χ3v) is 6.27. The molecule has 204 valence electrons. The topological polar surface area (TPSA) is 122 Å². The fourth-order valence-electron chi connectivity index (χ4n) is 4.05. The largest absolute Gasteiger partial charge is 0.493 e. The van der Waals surface area contributed by atoms with Gasteiger partial charge in [-0.2, -0.15) is 5.26 Å². The smallest absolute Gasteiger partial charge is 0.227 e. The van der Waals surface area contributed by atoms with Crippen LogP contribution in [0.3, 0.4) is 0 Å². The van der Waals surface area contributed by atoms with Crippen LogP contribution in [0.15, 0.2) is 48.7 Å². The molecule has 0 atom stereocenters. The van der Waals surface area contributed by atoms with Gasteiger partial charge < -0.3 is 24.8 Å². The highest BCUT2D eigenvalue weighted by Gasteiger charge is 2.13. The Morgan fingerprint density at radius 3 is 2.72 bits per heavy atom. The number of ether oxygens (including phenoxy) is 3. The molecule has 0 unspecified atom stereocenters. The van der Waals surface area contributed by atoms with Gasteiger partial charge in [-0.05, 0) is 36.8 Å². The third kappa shape index (κ3) is 7.66. The summed E-state index contributed by atoms with van der Waals surface area (Å²) >= 11 is 0. The number of hydrogen-bond donors (Lipinski definition) is 2. The van der Waals surface area contributed by atoms with E-state index < -0.39 is 0 Å². The van der Waals surface area contributed by atoms with E-state index in [1.54, 1.807) is 45.4 Å². The lowest BCUT2D eigenvalue weighted by molar-refractivity contribution is -0.118. The summed E-state index contributed by atoms with van der Waals surface area (Å²) in [6.07, 6.45) is 2.57. The number of nitrogens with one attached hydrogen (secondary N) is 2. The van der Waals surface area contributed by atoms with E-state index >= 15 is 0 Å². The quantitative estimate of drug-likeness (QED) is 0.346. The van der Waals surface area contributed by atoms with E-state index in [1.807, 2.05) is 24.3 Å². The molecule has 1 aliphatic rings. The number of carbonyl (C=O) groups excluding carboxylic acids is 1. The SMILES string of the molecule is COc1cc(Nc2nccc(-c3ccc(NC(=O)C(C)C)c(C#N)c3)n2)ccc1OCCCN1CCOCC1. The van der Waals surface area contributed by atoms with E-state index in [4.69, 9.17) is 14.2 Å². The second kappa shape index (κ2) is 13.6. The Morgan fingerprint density at radius 1 is 1.15 bits per heavy atom. The van der Waals surface area contributed by atoms with Crippen molar-refractivity contribution in [3.05, 3.63) is 54.2 Å². The number of morpholine rings is 1. The third-order valence-electron chi connectivity index (χ3n) is 6.27. The van der Waals surface area contributed by atoms with Gasteiger partial charge in [-0.1, -0.05) is 19.9 Å². The number of rotatable bonds is 11. The summed E-state index contributed by atoms with van der Waals surface area (Å²) in [5.74, 6) is 1.34. The van der Waals surface area contributed by atoms with Crippen LogP contribution in [0.5, 0.6) is 11.5 Å². The maximum Gasteiger partial charge on any atom is 0.227 e. The summed E-state index contributed by atoms with van der Waals surface area (Å²) < 4.78 is 16.9. The molecule has 2 heterocycles. The van der Waals surface area contributed by atoms with Crippen molar-refractivity contribution in [1.29, 1.82) is 5.26 Å². The standard InChI is InChI=1S/C29H34N6O4/c1-20(2)28(36)33-24-7-5-21(17-22(24)19-30)25-9-10-31-29(34-25)32-23-6-8-26(27(18-23)37-3)39-14-4-11-35-12-15-38-16-13-35/h5-10,17-18,20H,4,11-16H2,1-3H3,(H,33,36)(H,31,32,34). The van der Waals surface area contributed by atoms with Crippen molar-refractivity contribution >= 4 is 23.2 Å². The predicted octanol–water partition coefficient (Wildman–Crippen LogP) is 4.46. The average molecular weight is 531 g/mol. The average Bonchev–Trinajstić information content (AvgIpc) is 2.96. The van der Waals surface area contributed by atoms with Crippen LogP contribution in [0.1, 0.15) is 25.8 Å². The number of carbonyl (C=O) groups is 1. The molecule has 0 spiro atoms. The highest BCUT2D eigenvalue weighted by atomic mass is 16.5. The molecular weight excluding hydrogens is 496 g/mol. The second-order valence-corrected chi connectivity index (χ2v) is 9.43. The molecule has 1 fully saturated rings. The molecule has 10 nitrogen and oxygen atoms in total. The maximum absolute atomic E-state index is 12.1. The molecule has 1 aromatic heterocycles. The normalized spacial score (nSPS) is 13.5. The van der Waals surface area contributed by atoms with Gasteiger partial charge in [-0.15, -0.1) is 0 Å². The number of aromatic nitrogens is 2. The van der Waals surface area contributed by atoms with E-state index in [0.29, 0.717) is 41.0 Å². The Bertz CT molecular complexity index is 1320. The summed E-state index contributed by atoms with van der Waals surface area (Å²) in [4.78, 5) is 23.4. The predicted molar refractivity (Wildman–Crippen MR) is 149 cm³/mol. The Kier molecular flexibility index (Phi) is 9.67. The molecule has 0 bridgehead atoms. The van der Waals surface area contributed by atoms with Crippen LogP contribution in [0, 0.1) is 17.2 Å². The molecule has 0 aliphatic carbocycles. The first-order valence-electron chi connectivity index (χ1n) is 13.0. The molecular formula is C29H34N6O4. The van der Waals surface area contributed by atoms with Gasteiger partial charge in [0, 0.05) is 49.1 Å². The van der Waals surface area contributed by atoms with Crippen molar-refractivity contribution in [2.75, 3.05) is 57.2 Å². The lowest BCUT2D eigenvalue weighted by atomic mass is 10.1. The van der Waals surface area contributed by atoms with Crippen LogP contribution in [0.4, 0.5) is 17.3 Å². The Hall–Kier alpha value is -4.20. The molecule has 1 aliphatic heterocycles. The number of hydrogen-bond acceptors (Lipinski definition) is 9. The fraction of sp³-hybridized carbons (Fsp3) is 0.379. The second-order valence-electron chi connectivity index (χ2n) is 9.43. The zero-order valence-corrected chi connectivity index (χ0v) is 22.6. The summed E-state index contributed by atoms with van der Waals surface area (Å²) in [5, 5.41) is 15.6. The van der Waals surface area contributed by atoms with E-state index in [-0.39, 0.29) is 11.8 Å². The van der Waals surface area contributed by atoms with Crippen LogP contribution in [-0.4, -0.2) is 67.3 Å². The molecule has 0 saturated carbocycles. The van der Waals surface area contributed by atoms with Gasteiger partial charge in [0.15, 0.2) is 11.5 Å². The molecule has 4 rings (SSSR count). The van der Waals surface area contributed by atoms with Crippen LogP contribution < -0.4 is 20.1 Å². The number of anilines is 3. The van der Waals surface area contributed by atoms with Gasteiger partial charge in [-0.3, -0.25) is 9.69 Å². The monoisotopic (exact) mass is 530 g/mol. The van der Waals surface area contributed by atoms with Gasteiger partial charge >= 0.3 is 0 Å². The molecule has 2 N–H and O–H groups in total. The zero-order chi connectivity index (χ0) is 27.6. The number of nitrogens with zero attached hydrogens (tertiary/aromatic N) is 4. The van der Waals surface area contributed by atoms with Gasteiger partial charge in [0.1, 0.15) is 6.07 Å². The Balaban J connectivity index is 1.40. The first-order valence-corrected chi connectivity index (χ1v) is 13.0. The van der Waals surface area contributed by atoms with Crippen molar-refractivity contribution < 1.29 is 19.0 Å².